The van der Waals surface area contributed by atoms with Crippen LogP contribution in [0.3, 0.4) is 0 Å². The third-order valence-corrected chi connectivity index (χ3v) is 3.93. The van der Waals surface area contributed by atoms with Gasteiger partial charge in [-0.25, -0.2) is 4.98 Å². The fourth-order valence-corrected chi connectivity index (χ4v) is 2.81. The molecule has 1 N–H and O–H groups in total. The number of pyridine rings is 1. The van der Waals surface area contributed by atoms with E-state index in [-0.39, 0.29) is 11.4 Å². The quantitative estimate of drug-likeness (QED) is 0.707. The maximum absolute atomic E-state index is 12.8. The molecule has 1 aromatic heterocycles. The fourth-order valence-electron chi connectivity index (χ4n) is 2.58. The van der Waals surface area contributed by atoms with Gasteiger partial charge in [-0.1, -0.05) is 48.0 Å². The zero-order chi connectivity index (χ0) is 17.3. The van der Waals surface area contributed by atoms with E-state index in [9.17, 15) is 4.79 Å². The van der Waals surface area contributed by atoms with Crippen molar-refractivity contribution in [3.8, 4) is 11.3 Å². The molecule has 0 radical (unpaired) electrons. The van der Waals surface area contributed by atoms with Gasteiger partial charge in [0.25, 0.3) is 5.91 Å². The number of nitrogens with one attached hydrogen (secondary N) is 1. The summed E-state index contributed by atoms with van der Waals surface area (Å²) in [5, 5.41) is 4.46. The van der Waals surface area contributed by atoms with Crippen LogP contribution in [0.25, 0.3) is 22.2 Å². The average molecular weight is 339 g/mol. The van der Waals surface area contributed by atoms with Crippen molar-refractivity contribution < 1.29 is 4.79 Å². The number of carbonyl (C=O) groups excluding carboxylic acids is 1. The zero-order valence-corrected chi connectivity index (χ0v) is 14.7. The van der Waals surface area contributed by atoms with E-state index in [4.69, 9.17) is 11.6 Å². The molecule has 0 aliphatic carbocycles. The van der Waals surface area contributed by atoms with E-state index >= 15 is 0 Å². The molecule has 0 aliphatic rings. The zero-order valence-electron chi connectivity index (χ0n) is 13.9. The van der Waals surface area contributed by atoms with Crippen LogP contribution in [-0.2, 0) is 0 Å². The van der Waals surface area contributed by atoms with Crippen LogP contribution in [0.1, 0.15) is 31.1 Å². The number of rotatable bonds is 2. The number of hydrogen-bond donors (Lipinski definition) is 1. The molecule has 122 valence electrons. The summed E-state index contributed by atoms with van der Waals surface area (Å²) in [6.45, 7) is 5.88. The first-order valence-corrected chi connectivity index (χ1v) is 8.20. The highest BCUT2D eigenvalue weighted by atomic mass is 35.5. The lowest BCUT2D eigenvalue weighted by atomic mass is 10.0. The summed E-state index contributed by atoms with van der Waals surface area (Å²) < 4.78 is 0. The first kappa shape index (κ1) is 16.5. The van der Waals surface area contributed by atoms with Crippen LogP contribution in [0.15, 0.2) is 54.6 Å². The molecule has 4 heteroatoms. The highest BCUT2D eigenvalue weighted by Gasteiger charge is 2.19. The SMILES string of the molecule is CC(C)(C)NC(=O)c1cc(-c2ccccc2Cl)nc2ccccc12. The molecule has 0 fully saturated rings. The summed E-state index contributed by atoms with van der Waals surface area (Å²) in [7, 11) is 0. The van der Waals surface area contributed by atoms with E-state index in [0.717, 1.165) is 16.5 Å². The number of fused-ring (bicyclic) bond motifs is 1. The number of carbonyl (C=O) groups is 1. The van der Waals surface area contributed by atoms with Crippen LogP contribution in [0, 0.1) is 0 Å². The van der Waals surface area contributed by atoms with Crippen molar-refractivity contribution in [2.75, 3.05) is 0 Å². The third kappa shape index (κ3) is 3.41. The molecule has 24 heavy (non-hydrogen) atoms. The molecule has 1 heterocycles. The molecule has 3 nitrogen and oxygen atoms in total. The van der Waals surface area contributed by atoms with Gasteiger partial charge in [0.05, 0.1) is 16.8 Å². The van der Waals surface area contributed by atoms with Gasteiger partial charge in [-0.05, 0) is 39.0 Å². The van der Waals surface area contributed by atoms with Crippen molar-refractivity contribution in [2.24, 2.45) is 0 Å². The molecule has 1 amide bonds. The molecule has 2 aromatic carbocycles. The first-order chi connectivity index (χ1) is 11.3. The van der Waals surface area contributed by atoms with Gasteiger partial charge >= 0.3 is 0 Å². The number of hydrogen-bond acceptors (Lipinski definition) is 2. The van der Waals surface area contributed by atoms with E-state index in [1.807, 2.05) is 75.4 Å². The standard InChI is InChI=1S/C20H19ClN2O/c1-20(2,3)23-19(24)15-12-18(14-9-4-6-10-16(14)21)22-17-11-7-5-8-13(15)17/h4-12H,1-3H3,(H,23,24). The second kappa shape index (κ2) is 6.25. The summed E-state index contributed by atoms with van der Waals surface area (Å²) in [5.74, 6) is -0.116. The minimum atomic E-state index is -0.313. The second-order valence-electron chi connectivity index (χ2n) is 6.76. The highest BCUT2D eigenvalue weighted by Crippen LogP contribution is 2.29. The van der Waals surface area contributed by atoms with Gasteiger partial charge in [0.15, 0.2) is 0 Å². The van der Waals surface area contributed by atoms with E-state index < -0.39 is 0 Å². The number of amides is 1. The Morgan fingerprint density at radius 1 is 1.04 bits per heavy atom. The number of benzene rings is 2. The summed E-state index contributed by atoms with van der Waals surface area (Å²) >= 11 is 6.31. The normalized spacial score (nSPS) is 11.5. The summed E-state index contributed by atoms with van der Waals surface area (Å²) in [6, 6.07) is 17.0. The van der Waals surface area contributed by atoms with Gasteiger partial charge in [-0.3, -0.25) is 4.79 Å². The van der Waals surface area contributed by atoms with Crippen LogP contribution in [0.2, 0.25) is 5.02 Å². The molecule has 0 spiro atoms. The maximum atomic E-state index is 12.8. The van der Waals surface area contributed by atoms with Crippen molar-refractivity contribution in [1.29, 1.82) is 0 Å². The lowest BCUT2D eigenvalue weighted by Crippen LogP contribution is -2.40. The molecular weight excluding hydrogens is 320 g/mol. The van der Waals surface area contributed by atoms with E-state index in [1.54, 1.807) is 0 Å². The molecule has 0 bridgehead atoms. The van der Waals surface area contributed by atoms with Crippen molar-refractivity contribution in [3.63, 3.8) is 0 Å². The monoisotopic (exact) mass is 338 g/mol. The number of para-hydroxylation sites is 1. The first-order valence-electron chi connectivity index (χ1n) is 7.82. The lowest BCUT2D eigenvalue weighted by molar-refractivity contribution is 0.0921. The van der Waals surface area contributed by atoms with E-state index in [0.29, 0.717) is 16.3 Å². The minimum absolute atomic E-state index is 0.116. The maximum Gasteiger partial charge on any atom is 0.252 e. The molecule has 3 rings (SSSR count). The van der Waals surface area contributed by atoms with Crippen molar-refractivity contribution in [2.45, 2.75) is 26.3 Å². The largest absolute Gasteiger partial charge is 0.347 e. The third-order valence-electron chi connectivity index (χ3n) is 3.60. The van der Waals surface area contributed by atoms with Crippen LogP contribution in [-0.4, -0.2) is 16.4 Å². The summed E-state index contributed by atoms with van der Waals surface area (Å²) in [6.07, 6.45) is 0. The van der Waals surface area contributed by atoms with Crippen LogP contribution < -0.4 is 5.32 Å². The van der Waals surface area contributed by atoms with Gasteiger partial charge in [0.2, 0.25) is 0 Å². The van der Waals surface area contributed by atoms with Gasteiger partial charge in [-0.15, -0.1) is 0 Å². The van der Waals surface area contributed by atoms with E-state index in [1.165, 1.54) is 0 Å². The van der Waals surface area contributed by atoms with Crippen molar-refractivity contribution in [1.82, 2.24) is 10.3 Å². The van der Waals surface area contributed by atoms with Gasteiger partial charge in [-0.2, -0.15) is 0 Å². The Labute approximate surface area is 146 Å². The Morgan fingerprint density at radius 2 is 1.71 bits per heavy atom. The topological polar surface area (TPSA) is 42.0 Å². The Bertz CT molecular complexity index is 913. The van der Waals surface area contributed by atoms with E-state index in [2.05, 4.69) is 10.3 Å². The number of halogens is 1. The van der Waals surface area contributed by atoms with Crippen molar-refractivity contribution in [3.05, 3.63) is 65.2 Å². The van der Waals surface area contributed by atoms with Crippen LogP contribution >= 0.6 is 11.6 Å². The summed E-state index contributed by atoms with van der Waals surface area (Å²) in [5.41, 5.74) is 2.57. The Kier molecular flexibility index (Phi) is 4.29. The molecule has 0 saturated heterocycles. The predicted octanol–water partition coefficient (Wildman–Crippen LogP) is 5.08. The predicted molar refractivity (Wildman–Crippen MR) is 99.4 cm³/mol. The number of nitrogens with zero attached hydrogens (tertiary/aromatic N) is 1. The smallest absolute Gasteiger partial charge is 0.252 e. The molecule has 0 saturated carbocycles. The van der Waals surface area contributed by atoms with Gasteiger partial charge in [0, 0.05) is 21.5 Å². The molecule has 0 atom stereocenters. The van der Waals surface area contributed by atoms with Crippen LogP contribution in [0.5, 0.6) is 0 Å². The molecule has 0 unspecified atom stereocenters. The Hall–Kier alpha value is -2.39. The lowest BCUT2D eigenvalue weighted by Gasteiger charge is -2.21. The average Bonchev–Trinajstić information content (AvgIpc) is 2.52. The Balaban J connectivity index is 2.21. The van der Waals surface area contributed by atoms with Gasteiger partial charge < -0.3 is 5.32 Å². The highest BCUT2D eigenvalue weighted by molar-refractivity contribution is 6.33. The molecular formula is C20H19ClN2O. The second-order valence-corrected chi connectivity index (χ2v) is 7.16. The van der Waals surface area contributed by atoms with Crippen LogP contribution in [0.4, 0.5) is 0 Å². The number of aromatic nitrogens is 1. The van der Waals surface area contributed by atoms with Crippen molar-refractivity contribution >= 4 is 28.4 Å². The Morgan fingerprint density at radius 3 is 2.42 bits per heavy atom. The fraction of sp³-hybridized carbons (Fsp3) is 0.200. The van der Waals surface area contributed by atoms with Gasteiger partial charge in [0.1, 0.15) is 0 Å². The minimum Gasteiger partial charge on any atom is -0.347 e. The molecule has 3 aromatic rings. The summed E-state index contributed by atoms with van der Waals surface area (Å²) in [4.78, 5) is 17.5. The molecule has 0 aliphatic heterocycles.